The van der Waals surface area contributed by atoms with Gasteiger partial charge in [0, 0.05) is 43.9 Å². The Balaban J connectivity index is 1.51. The number of carbonyl (C=O) groups is 1. The molecule has 0 atom stereocenters. The number of amides is 1. The SMILES string of the molecule is COc1ccc(F)cc1CN(C)C(=O)CCCn1ccc(-c2ccc(F)cc2)n1. The molecule has 7 heteroatoms. The molecule has 3 rings (SSSR count). The average Bonchev–Trinajstić information content (AvgIpc) is 3.17. The Morgan fingerprint density at radius 3 is 2.55 bits per heavy atom. The van der Waals surface area contributed by atoms with E-state index in [1.807, 2.05) is 12.3 Å². The first kappa shape index (κ1) is 20.5. The summed E-state index contributed by atoms with van der Waals surface area (Å²) in [5.74, 6) is -0.137. The Bertz CT molecular complexity index is 970. The van der Waals surface area contributed by atoms with Crippen LogP contribution >= 0.6 is 0 Å². The van der Waals surface area contributed by atoms with Crippen molar-refractivity contribution in [3.05, 3.63) is 71.9 Å². The van der Waals surface area contributed by atoms with Crippen LogP contribution in [0, 0.1) is 11.6 Å². The zero-order chi connectivity index (χ0) is 20.8. The van der Waals surface area contributed by atoms with Crippen molar-refractivity contribution in [1.29, 1.82) is 0 Å². The molecule has 0 spiro atoms. The molecule has 0 aliphatic rings. The minimum atomic E-state index is -0.364. The largest absolute Gasteiger partial charge is 0.496 e. The highest BCUT2D eigenvalue weighted by atomic mass is 19.1. The van der Waals surface area contributed by atoms with Crippen molar-refractivity contribution in [2.24, 2.45) is 0 Å². The van der Waals surface area contributed by atoms with Crippen LogP contribution < -0.4 is 4.74 Å². The van der Waals surface area contributed by atoms with Crippen molar-refractivity contribution < 1.29 is 18.3 Å². The zero-order valence-corrected chi connectivity index (χ0v) is 16.4. The molecule has 0 aliphatic carbocycles. The van der Waals surface area contributed by atoms with Crippen LogP contribution in [0.2, 0.25) is 0 Å². The summed E-state index contributed by atoms with van der Waals surface area (Å²) >= 11 is 0. The number of benzene rings is 2. The number of ether oxygens (including phenoxy) is 1. The van der Waals surface area contributed by atoms with Crippen LogP contribution in [0.5, 0.6) is 5.75 Å². The summed E-state index contributed by atoms with van der Waals surface area (Å²) in [7, 11) is 3.20. The highest BCUT2D eigenvalue weighted by Gasteiger charge is 2.13. The monoisotopic (exact) mass is 399 g/mol. The predicted molar refractivity (Wildman–Crippen MR) is 106 cm³/mol. The second-order valence-corrected chi connectivity index (χ2v) is 6.78. The van der Waals surface area contributed by atoms with Crippen molar-refractivity contribution in [1.82, 2.24) is 14.7 Å². The van der Waals surface area contributed by atoms with Gasteiger partial charge in [-0.3, -0.25) is 9.48 Å². The third-order valence-corrected chi connectivity index (χ3v) is 4.63. The molecule has 2 aromatic carbocycles. The van der Waals surface area contributed by atoms with E-state index in [0.29, 0.717) is 30.7 Å². The van der Waals surface area contributed by atoms with Crippen molar-refractivity contribution in [2.45, 2.75) is 25.9 Å². The summed E-state index contributed by atoms with van der Waals surface area (Å²) in [6, 6.07) is 12.3. The Morgan fingerprint density at radius 1 is 1.10 bits per heavy atom. The van der Waals surface area contributed by atoms with Crippen LogP contribution in [0.3, 0.4) is 0 Å². The van der Waals surface area contributed by atoms with Crippen LogP contribution in [0.15, 0.2) is 54.7 Å². The maximum atomic E-state index is 13.5. The Hall–Kier alpha value is -3.22. The lowest BCUT2D eigenvalue weighted by molar-refractivity contribution is -0.130. The molecule has 5 nitrogen and oxygen atoms in total. The van der Waals surface area contributed by atoms with E-state index in [9.17, 15) is 13.6 Å². The highest BCUT2D eigenvalue weighted by molar-refractivity contribution is 5.75. The van der Waals surface area contributed by atoms with E-state index < -0.39 is 0 Å². The van der Waals surface area contributed by atoms with E-state index in [1.165, 1.54) is 31.4 Å². The molecule has 0 aliphatic heterocycles. The van der Waals surface area contributed by atoms with Gasteiger partial charge in [0.1, 0.15) is 17.4 Å². The minimum absolute atomic E-state index is 0.0396. The van der Waals surface area contributed by atoms with Crippen LogP contribution in [-0.4, -0.2) is 34.7 Å². The van der Waals surface area contributed by atoms with E-state index >= 15 is 0 Å². The van der Waals surface area contributed by atoms with Gasteiger partial charge in [0.2, 0.25) is 5.91 Å². The lowest BCUT2D eigenvalue weighted by Crippen LogP contribution is -2.26. The predicted octanol–water partition coefficient (Wildman–Crippen LogP) is 4.28. The van der Waals surface area contributed by atoms with Crippen molar-refractivity contribution >= 4 is 5.91 Å². The molecule has 0 saturated carbocycles. The molecule has 0 fully saturated rings. The van der Waals surface area contributed by atoms with Gasteiger partial charge in [-0.05, 0) is 55.0 Å². The molecule has 1 amide bonds. The molecular weight excluding hydrogens is 376 g/mol. The highest BCUT2D eigenvalue weighted by Crippen LogP contribution is 2.21. The number of aryl methyl sites for hydroxylation is 1. The molecule has 0 bridgehead atoms. The van der Waals surface area contributed by atoms with Crippen LogP contribution in [-0.2, 0) is 17.9 Å². The molecule has 1 heterocycles. The van der Waals surface area contributed by atoms with Gasteiger partial charge in [0.05, 0.1) is 12.8 Å². The van der Waals surface area contributed by atoms with E-state index in [4.69, 9.17) is 4.74 Å². The fourth-order valence-corrected chi connectivity index (χ4v) is 3.06. The molecule has 0 radical (unpaired) electrons. The first-order valence-electron chi connectivity index (χ1n) is 9.32. The molecule has 0 saturated heterocycles. The molecule has 0 N–H and O–H groups in total. The van der Waals surface area contributed by atoms with Gasteiger partial charge in [-0.1, -0.05) is 0 Å². The summed E-state index contributed by atoms with van der Waals surface area (Å²) in [5.41, 5.74) is 2.22. The Kier molecular flexibility index (Phi) is 6.59. The van der Waals surface area contributed by atoms with Crippen LogP contribution in [0.4, 0.5) is 8.78 Å². The first-order valence-corrected chi connectivity index (χ1v) is 9.32. The Morgan fingerprint density at radius 2 is 1.83 bits per heavy atom. The Labute approximate surface area is 168 Å². The maximum absolute atomic E-state index is 13.5. The van der Waals surface area contributed by atoms with Gasteiger partial charge in [0.15, 0.2) is 0 Å². The van der Waals surface area contributed by atoms with Gasteiger partial charge < -0.3 is 9.64 Å². The second kappa shape index (κ2) is 9.32. The number of aromatic nitrogens is 2. The van der Waals surface area contributed by atoms with Gasteiger partial charge in [0.25, 0.3) is 0 Å². The standard InChI is InChI=1S/C22H23F2N3O2/c1-26(15-17-14-19(24)9-10-21(17)29-2)22(28)4-3-12-27-13-11-20(25-27)16-5-7-18(23)8-6-16/h5-11,13-14H,3-4,12,15H2,1-2H3. The summed E-state index contributed by atoms with van der Waals surface area (Å²) in [6.45, 7) is 0.861. The summed E-state index contributed by atoms with van der Waals surface area (Å²) in [4.78, 5) is 14.0. The average molecular weight is 399 g/mol. The van der Waals surface area contributed by atoms with E-state index in [0.717, 1.165) is 11.3 Å². The van der Waals surface area contributed by atoms with Crippen LogP contribution in [0.25, 0.3) is 11.3 Å². The fourth-order valence-electron chi connectivity index (χ4n) is 3.06. The number of hydrogen-bond acceptors (Lipinski definition) is 3. The third kappa shape index (κ3) is 5.40. The number of nitrogens with zero attached hydrogens (tertiary/aromatic N) is 3. The smallest absolute Gasteiger partial charge is 0.222 e. The van der Waals surface area contributed by atoms with Crippen molar-refractivity contribution in [3.63, 3.8) is 0 Å². The van der Waals surface area contributed by atoms with E-state index in [2.05, 4.69) is 5.10 Å². The first-order chi connectivity index (χ1) is 14.0. The topological polar surface area (TPSA) is 47.4 Å². The summed E-state index contributed by atoms with van der Waals surface area (Å²) in [5, 5.41) is 4.46. The number of methoxy groups -OCH3 is 1. The molecule has 1 aromatic heterocycles. The van der Waals surface area contributed by atoms with Gasteiger partial charge in [-0.25, -0.2) is 8.78 Å². The quantitative estimate of drug-likeness (QED) is 0.568. The number of hydrogen-bond donors (Lipinski definition) is 0. The number of rotatable bonds is 8. The normalized spacial score (nSPS) is 10.8. The number of halogens is 2. The number of carbonyl (C=O) groups excluding carboxylic acids is 1. The zero-order valence-electron chi connectivity index (χ0n) is 16.4. The lowest BCUT2D eigenvalue weighted by Gasteiger charge is -2.19. The van der Waals surface area contributed by atoms with Crippen molar-refractivity contribution in [3.8, 4) is 17.0 Å². The second-order valence-electron chi connectivity index (χ2n) is 6.78. The molecule has 3 aromatic rings. The van der Waals surface area contributed by atoms with E-state index in [1.54, 1.807) is 34.8 Å². The van der Waals surface area contributed by atoms with Gasteiger partial charge in [-0.2, -0.15) is 5.10 Å². The maximum Gasteiger partial charge on any atom is 0.222 e. The van der Waals surface area contributed by atoms with Crippen molar-refractivity contribution in [2.75, 3.05) is 14.2 Å². The third-order valence-electron chi connectivity index (χ3n) is 4.63. The molecule has 29 heavy (non-hydrogen) atoms. The summed E-state index contributed by atoms with van der Waals surface area (Å²) < 4.78 is 33.5. The van der Waals surface area contributed by atoms with E-state index in [-0.39, 0.29) is 24.1 Å². The van der Waals surface area contributed by atoms with Gasteiger partial charge in [-0.15, -0.1) is 0 Å². The molecule has 0 unspecified atom stereocenters. The fraction of sp³-hybridized carbons (Fsp3) is 0.273. The molecule has 152 valence electrons. The minimum Gasteiger partial charge on any atom is -0.496 e. The van der Waals surface area contributed by atoms with Crippen LogP contribution in [0.1, 0.15) is 18.4 Å². The molecular formula is C22H23F2N3O2. The van der Waals surface area contributed by atoms with Gasteiger partial charge >= 0.3 is 0 Å². The summed E-state index contributed by atoms with van der Waals surface area (Å²) in [6.07, 6.45) is 2.80. The lowest BCUT2D eigenvalue weighted by atomic mass is 10.1.